The Kier molecular flexibility index (Phi) is 7.00. The van der Waals surface area contributed by atoms with Crippen LogP contribution in [0.3, 0.4) is 0 Å². The van der Waals surface area contributed by atoms with Crippen LogP contribution in [-0.2, 0) is 17.6 Å². The van der Waals surface area contributed by atoms with E-state index in [0.29, 0.717) is 0 Å². The number of anilines is 1. The Bertz CT molecular complexity index is 715. The number of hydrogen-bond donors (Lipinski definition) is 0. The van der Waals surface area contributed by atoms with Crippen LogP contribution in [0.2, 0.25) is 0 Å². The molecule has 0 atom stereocenters. The maximum Gasteiger partial charge on any atom is 0.250 e. The van der Waals surface area contributed by atoms with Gasteiger partial charge in [0.25, 0.3) is 0 Å². The lowest BCUT2D eigenvalue weighted by atomic mass is 9.94. The van der Waals surface area contributed by atoms with E-state index in [4.69, 9.17) is 0 Å². The van der Waals surface area contributed by atoms with Crippen molar-refractivity contribution in [2.75, 3.05) is 11.9 Å². The maximum atomic E-state index is 11.7. The van der Waals surface area contributed by atoms with E-state index in [1.165, 1.54) is 47.6 Å². The minimum Gasteiger partial charge on any atom is -0.312 e. The first-order valence-electron chi connectivity index (χ1n) is 9.23. The summed E-state index contributed by atoms with van der Waals surface area (Å²) in [6.07, 6.45) is 7.33. The Morgan fingerprint density at radius 3 is 2.40 bits per heavy atom. The van der Waals surface area contributed by atoms with Gasteiger partial charge in [-0.15, -0.1) is 0 Å². The molecule has 2 aromatic rings. The first kappa shape index (κ1) is 19.0. The molecule has 0 saturated carbocycles. The Hall–Kier alpha value is -2.35. The molecule has 0 unspecified atom stereocenters. The number of likely N-dealkylation sites (N-methyl/N-ethyl adjacent to an activating group) is 1. The molecule has 0 spiro atoms. The van der Waals surface area contributed by atoms with Gasteiger partial charge >= 0.3 is 0 Å². The van der Waals surface area contributed by atoms with Gasteiger partial charge < -0.3 is 4.90 Å². The van der Waals surface area contributed by atoms with E-state index in [2.05, 4.69) is 50.8 Å². The molecule has 0 radical (unpaired) electrons. The molecule has 0 aliphatic heterocycles. The maximum absolute atomic E-state index is 11.7. The summed E-state index contributed by atoms with van der Waals surface area (Å²) in [5, 5.41) is 0. The van der Waals surface area contributed by atoms with Crippen LogP contribution in [-0.4, -0.2) is 13.0 Å². The molecule has 132 valence electrons. The van der Waals surface area contributed by atoms with Gasteiger partial charge in [0, 0.05) is 12.7 Å². The van der Waals surface area contributed by atoms with Gasteiger partial charge in [0.2, 0.25) is 5.91 Å². The highest BCUT2D eigenvalue weighted by Gasteiger charge is 2.09. The molecule has 0 aromatic heterocycles. The van der Waals surface area contributed by atoms with Crippen molar-refractivity contribution in [3.05, 3.63) is 66.2 Å². The van der Waals surface area contributed by atoms with Crippen LogP contribution in [0, 0.1) is 0 Å². The number of benzene rings is 2. The largest absolute Gasteiger partial charge is 0.312 e. The van der Waals surface area contributed by atoms with Crippen molar-refractivity contribution in [2.24, 2.45) is 0 Å². The van der Waals surface area contributed by atoms with Crippen molar-refractivity contribution in [1.82, 2.24) is 0 Å². The predicted octanol–water partition coefficient (Wildman–Crippen LogP) is 5.80. The molecular formula is C23H29NO. The molecule has 2 rings (SSSR count). The van der Waals surface area contributed by atoms with E-state index >= 15 is 0 Å². The predicted molar refractivity (Wildman–Crippen MR) is 108 cm³/mol. The third kappa shape index (κ3) is 4.82. The lowest BCUT2D eigenvalue weighted by Gasteiger charge is -2.16. The van der Waals surface area contributed by atoms with Crippen molar-refractivity contribution >= 4 is 11.6 Å². The Morgan fingerprint density at radius 2 is 1.80 bits per heavy atom. The smallest absolute Gasteiger partial charge is 0.250 e. The molecular weight excluding hydrogens is 306 g/mol. The third-order valence-electron chi connectivity index (χ3n) is 4.69. The molecule has 1 amide bonds. The Labute approximate surface area is 152 Å². The number of nitrogens with zero attached hydrogens (tertiary/aromatic N) is 1. The summed E-state index contributed by atoms with van der Waals surface area (Å²) in [7, 11) is 1.77. The van der Waals surface area contributed by atoms with Crippen LogP contribution in [0.15, 0.2) is 55.1 Å². The van der Waals surface area contributed by atoms with Gasteiger partial charge in [-0.1, -0.05) is 63.6 Å². The monoisotopic (exact) mass is 335 g/mol. The lowest BCUT2D eigenvalue weighted by molar-refractivity contribution is -0.113. The minimum absolute atomic E-state index is 0.0987. The fourth-order valence-corrected chi connectivity index (χ4v) is 3.08. The van der Waals surface area contributed by atoms with Gasteiger partial charge in [0.15, 0.2) is 0 Å². The second kappa shape index (κ2) is 9.22. The second-order valence-electron chi connectivity index (χ2n) is 6.45. The summed E-state index contributed by atoms with van der Waals surface area (Å²) < 4.78 is 0. The zero-order valence-electron chi connectivity index (χ0n) is 15.7. The van der Waals surface area contributed by atoms with Gasteiger partial charge in [0.05, 0.1) is 0 Å². The molecule has 0 saturated heterocycles. The van der Waals surface area contributed by atoms with E-state index in [0.717, 1.165) is 18.5 Å². The van der Waals surface area contributed by atoms with Crippen LogP contribution in [0.5, 0.6) is 0 Å². The summed E-state index contributed by atoms with van der Waals surface area (Å²) in [6, 6.07) is 15.0. The number of unbranched alkanes of at least 4 members (excludes halogenated alkanes) is 2. The quantitative estimate of drug-likeness (QED) is 0.441. The van der Waals surface area contributed by atoms with Crippen molar-refractivity contribution in [2.45, 2.75) is 46.0 Å². The van der Waals surface area contributed by atoms with E-state index < -0.39 is 0 Å². The van der Waals surface area contributed by atoms with Crippen molar-refractivity contribution in [1.29, 1.82) is 0 Å². The Balaban J connectivity index is 2.22. The highest BCUT2D eigenvalue weighted by molar-refractivity contribution is 6.00. The number of rotatable bonds is 8. The van der Waals surface area contributed by atoms with Crippen molar-refractivity contribution in [3.8, 4) is 11.1 Å². The fourth-order valence-electron chi connectivity index (χ4n) is 3.08. The lowest BCUT2D eigenvalue weighted by Crippen LogP contribution is -2.23. The van der Waals surface area contributed by atoms with Gasteiger partial charge in [0.1, 0.15) is 0 Å². The standard InChI is InChI=1S/C23H29NO/c1-5-8-9-10-18-11-16-22(19(6-2)17-18)20-12-14-21(15-13-20)24(4)23(25)7-3/h7,11-17H,3,5-6,8-10H2,1-2,4H3. The fraction of sp³-hybridized carbons (Fsp3) is 0.348. The Morgan fingerprint density at radius 1 is 1.08 bits per heavy atom. The van der Waals surface area contributed by atoms with E-state index in [1.807, 2.05) is 12.1 Å². The highest BCUT2D eigenvalue weighted by atomic mass is 16.2. The summed E-state index contributed by atoms with van der Waals surface area (Å²) in [6.45, 7) is 7.99. The van der Waals surface area contributed by atoms with Crippen LogP contribution in [0.1, 0.15) is 44.2 Å². The van der Waals surface area contributed by atoms with E-state index in [1.54, 1.807) is 11.9 Å². The molecule has 2 aromatic carbocycles. The van der Waals surface area contributed by atoms with E-state index in [9.17, 15) is 4.79 Å². The van der Waals surface area contributed by atoms with Crippen LogP contribution in [0.25, 0.3) is 11.1 Å². The summed E-state index contributed by atoms with van der Waals surface area (Å²) >= 11 is 0. The molecule has 0 N–H and O–H groups in total. The van der Waals surface area contributed by atoms with E-state index in [-0.39, 0.29) is 5.91 Å². The van der Waals surface area contributed by atoms with Gasteiger partial charge in [-0.25, -0.2) is 0 Å². The molecule has 2 nitrogen and oxygen atoms in total. The highest BCUT2D eigenvalue weighted by Crippen LogP contribution is 2.28. The summed E-state index contributed by atoms with van der Waals surface area (Å²) in [5.74, 6) is -0.0987. The first-order valence-corrected chi connectivity index (χ1v) is 9.23. The van der Waals surface area contributed by atoms with Gasteiger partial charge in [-0.2, -0.15) is 0 Å². The van der Waals surface area contributed by atoms with Crippen molar-refractivity contribution in [3.63, 3.8) is 0 Å². The van der Waals surface area contributed by atoms with Crippen LogP contribution in [0.4, 0.5) is 5.69 Å². The third-order valence-corrected chi connectivity index (χ3v) is 4.69. The molecule has 0 aliphatic rings. The van der Waals surface area contributed by atoms with Crippen LogP contribution >= 0.6 is 0 Å². The molecule has 0 fully saturated rings. The molecule has 2 heteroatoms. The van der Waals surface area contributed by atoms with Crippen molar-refractivity contribution < 1.29 is 4.79 Å². The second-order valence-corrected chi connectivity index (χ2v) is 6.45. The number of amides is 1. The average molecular weight is 335 g/mol. The average Bonchev–Trinajstić information content (AvgIpc) is 2.67. The summed E-state index contributed by atoms with van der Waals surface area (Å²) in [4.78, 5) is 13.3. The summed E-state index contributed by atoms with van der Waals surface area (Å²) in [5.41, 5.74) is 6.17. The zero-order chi connectivity index (χ0) is 18.2. The first-order chi connectivity index (χ1) is 12.1. The SMILES string of the molecule is C=CC(=O)N(C)c1ccc(-c2ccc(CCCCC)cc2CC)cc1. The number of hydrogen-bond acceptors (Lipinski definition) is 1. The van der Waals surface area contributed by atoms with Gasteiger partial charge in [-0.05, 0) is 59.7 Å². The number of aryl methyl sites for hydroxylation is 2. The molecule has 25 heavy (non-hydrogen) atoms. The van der Waals surface area contributed by atoms with Crippen LogP contribution < -0.4 is 4.90 Å². The molecule has 0 bridgehead atoms. The number of carbonyl (C=O) groups excluding carboxylic acids is 1. The number of carbonyl (C=O) groups is 1. The molecule has 0 aliphatic carbocycles. The minimum atomic E-state index is -0.0987. The normalized spacial score (nSPS) is 10.5. The van der Waals surface area contributed by atoms with Gasteiger partial charge in [-0.3, -0.25) is 4.79 Å². The topological polar surface area (TPSA) is 20.3 Å². The molecule has 0 heterocycles. The zero-order valence-corrected chi connectivity index (χ0v) is 15.7.